The molecule has 90 valence electrons. The molecule has 1 aliphatic rings. The summed E-state index contributed by atoms with van der Waals surface area (Å²) in [7, 11) is 2.09. The normalized spacial score (nSPS) is 18.9. The molecule has 3 heteroatoms. The topological polar surface area (TPSA) is 43.8 Å². The molecule has 3 rings (SSSR count). The van der Waals surface area contributed by atoms with E-state index >= 15 is 0 Å². The molecule has 0 atom stereocenters. The zero-order valence-corrected chi connectivity index (χ0v) is 10.3. The average molecular weight is 229 g/mol. The molecule has 2 aromatic rings. The predicted molar refractivity (Wildman–Crippen MR) is 69.8 cm³/mol. The molecule has 0 unspecified atom stereocenters. The van der Waals surface area contributed by atoms with Gasteiger partial charge in [-0.1, -0.05) is 25.0 Å². The quantitative estimate of drug-likeness (QED) is 0.859. The summed E-state index contributed by atoms with van der Waals surface area (Å²) in [4.78, 5) is 4.70. The first-order chi connectivity index (χ1) is 8.18. The van der Waals surface area contributed by atoms with Gasteiger partial charge in [0.25, 0.3) is 0 Å². The molecule has 17 heavy (non-hydrogen) atoms. The lowest BCUT2D eigenvalue weighted by Gasteiger charge is -2.22. The van der Waals surface area contributed by atoms with Crippen molar-refractivity contribution in [3.05, 3.63) is 30.1 Å². The van der Waals surface area contributed by atoms with E-state index in [9.17, 15) is 0 Å². The van der Waals surface area contributed by atoms with Crippen molar-refractivity contribution in [3.63, 3.8) is 0 Å². The molecule has 1 aliphatic carbocycles. The minimum absolute atomic E-state index is 0.0187. The Morgan fingerprint density at radius 1 is 1.29 bits per heavy atom. The third-order valence-electron chi connectivity index (χ3n) is 3.99. The number of benzene rings is 1. The first-order valence-electron chi connectivity index (χ1n) is 6.37. The summed E-state index contributed by atoms with van der Waals surface area (Å²) >= 11 is 0. The smallest absolute Gasteiger partial charge is 0.111 e. The number of aryl methyl sites for hydroxylation is 1. The van der Waals surface area contributed by atoms with Crippen LogP contribution in [0.4, 0.5) is 0 Å². The number of fused-ring (bicyclic) bond motifs is 1. The molecule has 1 fully saturated rings. The fraction of sp³-hybridized carbons (Fsp3) is 0.500. The number of rotatable bonds is 2. The van der Waals surface area contributed by atoms with Gasteiger partial charge in [0.2, 0.25) is 0 Å². The second-order valence-corrected chi connectivity index (χ2v) is 5.32. The van der Waals surface area contributed by atoms with Gasteiger partial charge >= 0.3 is 0 Å². The first kappa shape index (κ1) is 10.8. The summed E-state index contributed by atoms with van der Waals surface area (Å²) in [5.41, 5.74) is 8.68. The van der Waals surface area contributed by atoms with Crippen molar-refractivity contribution < 1.29 is 0 Å². The lowest BCUT2D eigenvalue weighted by molar-refractivity contribution is 0.422. The number of aromatic nitrogens is 2. The van der Waals surface area contributed by atoms with Crippen LogP contribution in [0.3, 0.4) is 0 Å². The Morgan fingerprint density at radius 3 is 2.71 bits per heavy atom. The van der Waals surface area contributed by atoms with Gasteiger partial charge in [-0.15, -0.1) is 0 Å². The van der Waals surface area contributed by atoms with Crippen molar-refractivity contribution in [2.24, 2.45) is 12.8 Å². The monoisotopic (exact) mass is 229 g/mol. The number of para-hydroxylation sites is 2. The summed E-state index contributed by atoms with van der Waals surface area (Å²) < 4.78 is 2.18. The Bertz CT molecular complexity index is 535. The van der Waals surface area contributed by atoms with Crippen LogP contribution >= 0.6 is 0 Å². The minimum atomic E-state index is -0.0187. The molecule has 0 saturated heterocycles. The maximum Gasteiger partial charge on any atom is 0.111 e. The maximum atomic E-state index is 6.43. The van der Waals surface area contributed by atoms with E-state index in [-0.39, 0.29) is 5.54 Å². The lowest BCUT2D eigenvalue weighted by Crippen LogP contribution is -2.39. The summed E-state index contributed by atoms with van der Waals surface area (Å²) in [6, 6.07) is 8.27. The molecular formula is C14H19N3. The summed E-state index contributed by atoms with van der Waals surface area (Å²) in [6.45, 7) is 0. The van der Waals surface area contributed by atoms with Crippen LogP contribution in [-0.4, -0.2) is 15.1 Å². The summed E-state index contributed by atoms with van der Waals surface area (Å²) in [6.07, 6.45) is 5.70. The Kier molecular flexibility index (Phi) is 2.44. The Morgan fingerprint density at radius 2 is 2.00 bits per heavy atom. The number of hydrogen-bond acceptors (Lipinski definition) is 2. The molecule has 1 heterocycles. The SMILES string of the molecule is Cn1c(CC2(N)CCCC2)nc2ccccc21. The van der Waals surface area contributed by atoms with Gasteiger partial charge in [0, 0.05) is 19.0 Å². The van der Waals surface area contributed by atoms with Gasteiger partial charge in [-0.05, 0) is 25.0 Å². The highest BCUT2D eigenvalue weighted by Crippen LogP contribution is 2.30. The Labute approximate surface area is 102 Å². The first-order valence-corrected chi connectivity index (χ1v) is 6.37. The highest BCUT2D eigenvalue weighted by atomic mass is 15.1. The maximum absolute atomic E-state index is 6.43. The lowest BCUT2D eigenvalue weighted by atomic mass is 9.94. The van der Waals surface area contributed by atoms with Crippen LogP contribution in [0.2, 0.25) is 0 Å². The van der Waals surface area contributed by atoms with Gasteiger partial charge in [-0.2, -0.15) is 0 Å². The summed E-state index contributed by atoms with van der Waals surface area (Å²) in [5, 5.41) is 0. The third-order valence-corrected chi connectivity index (χ3v) is 3.99. The zero-order valence-electron chi connectivity index (χ0n) is 10.3. The second kappa shape index (κ2) is 3.84. The van der Waals surface area contributed by atoms with Crippen LogP contribution in [0.25, 0.3) is 11.0 Å². The van der Waals surface area contributed by atoms with Crippen LogP contribution in [0.15, 0.2) is 24.3 Å². The number of nitrogens with two attached hydrogens (primary N) is 1. The van der Waals surface area contributed by atoms with E-state index in [2.05, 4.69) is 29.8 Å². The van der Waals surface area contributed by atoms with Gasteiger partial charge in [0.1, 0.15) is 5.82 Å². The fourth-order valence-electron chi connectivity index (χ4n) is 2.92. The van der Waals surface area contributed by atoms with Crippen molar-refractivity contribution in [2.75, 3.05) is 0 Å². The van der Waals surface area contributed by atoms with E-state index in [4.69, 9.17) is 10.7 Å². The van der Waals surface area contributed by atoms with Gasteiger partial charge in [0.15, 0.2) is 0 Å². The number of nitrogens with zero attached hydrogens (tertiary/aromatic N) is 2. The molecule has 2 N–H and O–H groups in total. The number of imidazole rings is 1. The molecule has 0 aliphatic heterocycles. The average Bonchev–Trinajstić information content (AvgIpc) is 2.86. The van der Waals surface area contributed by atoms with Crippen LogP contribution in [-0.2, 0) is 13.5 Å². The number of hydrogen-bond donors (Lipinski definition) is 1. The molecule has 0 bridgehead atoms. The fourth-order valence-corrected chi connectivity index (χ4v) is 2.92. The molecule has 1 aromatic carbocycles. The van der Waals surface area contributed by atoms with E-state index in [1.54, 1.807) is 0 Å². The van der Waals surface area contributed by atoms with Crippen molar-refractivity contribution in [2.45, 2.75) is 37.6 Å². The van der Waals surface area contributed by atoms with Crippen molar-refractivity contribution in [3.8, 4) is 0 Å². The van der Waals surface area contributed by atoms with Crippen LogP contribution in [0.1, 0.15) is 31.5 Å². The van der Waals surface area contributed by atoms with E-state index in [0.29, 0.717) is 0 Å². The van der Waals surface area contributed by atoms with E-state index in [1.807, 2.05) is 6.07 Å². The van der Waals surface area contributed by atoms with Crippen molar-refractivity contribution in [1.29, 1.82) is 0 Å². The van der Waals surface area contributed by atoms with Crippen molar-refractivity contribution in [1.82, 2.24) is 9.55 Å². The minimum Gasteiger partial charge on any atom is -0.331 e. The van der Waals surface area contributed by atoms with Gasteiger partial charge in [0.05, 0.1) is 11.0 Å². The predicted octanol–water partition coefficient (Wildman–Crippen LogP) is 2.39. The molecule has 0 spiro atoms. The van der Waals surface area contributed by atoms with Crippen LogP contribution in [0, 0.1) is 0 Å². The zero-order chi connectivity index (χ0) is 11.9. The molecule has 3 nitrogen and oxygen atoms in total. The van der Waals surface area contributed by atoms with Crippen LogP contribution < -0.4 is 5.73 Å². The molecule has 1 saturated carbocycles. The van der Waals surface area contributed by atoms with Gasteiger partial charge < -0.3 is 10.3 Å². The van der Waals surface area contributed by atoms with Gasteiger partial charge in [-0.25, -0.2) is 4.98 Å². The highest BCUT2D eigenvalue weighted by molar-refractivity contribution is 5.75. The molecular weight excluding hydrogens is 210 g/mol. The summed E-state index contributed by atoms with van der Waals surface area (Å²) in [5.74, 6) is 1.12. The second-order valence-electron chi connectivity index (χ2n) is 5.32. The van der Waals surface area contributed by atoms with E-state index < -0.39 is 0 Å². The van der Waals surface area contributed by atoms with E-state index in [1.165, 1.54) is 18.4 Å². The highest BCUT2D eigenvalue weighted by Gasteiger charge is 2.31. The Balaban J connectivity index is 1.97. The van der Waals surface area contributed by atoms with Crippen LogP contribution in [0.5, 0.6) is 0 Å². The molecule has 0 amide bonds. The Hall–Kier alpha value is -1.35. The van der Waals surface area contributed by atoms with Gasteiger partial charge in [-0.3, -0.25) is 0 Å². The molecule has 1 aromatic heterocycles. The molecule has 0 radical (unpaired) electrons. The standard InChI is InChI=1S/C14H19N3/c1-17-12-7-3-2-6-11(12)16-13(17)10-14(15)8-4-5-9-14/h2-3,6-7H,4-5,8-10,15H2,1H3. The third kappa shape index (κ3) is 1.84. The van der Waals surface area contributed by atoms with E-state index in [0.717, 1.165) is 30.6 Å². The van der Waals surface area contributed by atoms with Crippen molar-refractivity contribution >= 4 is 11.0 Å². The largest absolute Gasteiger partial charge is 0.331 e.